The molecule has 1 aliphatic heterocycles. The van der Waals surface area contributed by atoms with Crippen molar-refractivity contribution >= 4 is 6.09 Å². The van der Waals surface area contributed by atoms with Crippen molar-refractivity contribution in [2.45, 2.75) is 25.1 Å². The Bertz CT molecular complexity index is 678. The van der Waals surface area contributed by atoms with Gasteiger partial charge in [0.2, 0.25) is 0 Å². The molecule has 0 aromatic heterocycles. The molecule has 2 aromatic carbocycles. The molecule has 4 nitrogen and oxygen atoms in total. The average Bonchev–Trinajstić information content (AvgIpc) is 2.96. The zero-order valence-corrected chi connectivity index (χ0v) is 12.7. The smallest absolute Gasteiger partial charge is 0.410 e. The Hall–Kier alpha value is -2.40. The second-order valence-corrected chi connectivity index (χ2v) is 5.73. The van der Waals surface area contributed by atoms with Crippen molar-refractivity contribution in [3.63, 3.8) is 0 Å². The highest BCUT2D eigenvalue weighted by Crippen LogP contribution is 2.33. The molecule has 23 heavy (non-hydrogen) atoms. The van der Waals surface area contributed by atoms with E-state index < -0.39 is 6.09 Å². The molecule has 2 N–H and O–H groups in total. The summed E-state index contributed by atoms with van der Waals surface area (Å²) < 4.78 is 19.4. The summed E-state index contributed by atoms with van der Waals surface area (Å²) in [6, 6.07) is 15.4. The Morgan fingerprint density at radius 2 is 1.87 bits per heavy atom. The minimum atomic E-state index is -0.463. The first kappa shape index (κ1) is 15.5. The monoisotopic (exact) mass is 314 g/mol. The standard InChI is InChI=1S/C18H19FN2O2/c19-16-9-5-4-8-15(16)17-10-14(20)11-21(17)18(22)23-12-13-6-2-1-3-7-13/h1-9,14,17H,10-12,20H2. The highest BCUT2D eigenvalue weighted by molar-refractivity contribution is 5.69. The first-order valence-electron chi connectivity index (χ1n) is 7.62. The molecular formula is C18H19FN2O2. The Morgan fingerprint density at radius 3 is 2.61 bits per heavy atom. The van der Waals surface area contributed by atoms with Gasteiger partial charge in [0.05, 0.1) is 6.04 Å². The molecule has 1 saturated heterocycles. The van der Waals surface area contributed by atoms with E-state index in [1.54, 1.807) is 18.2 Å². The number of halogens is 1. The molecule has 3 rings (SSSR count). The van der Waals surface area contributed by atoms with Gasteiger partial charge in [0, 0.05) is 18.2 Å². The second-order valence-electron chi connectivity index (χ2n) is 5.73. The lowest BCUT2D eigenvalue weighted by Gasteiger charge is -2.24. The van der Waals surface area contributed by atoms with Gasteiger partial charge in [-0.05, 0) is 18.1 Å². The van der Waals surface area contributed by atoms with Crippen LogP contribution in [0.2, 0.25) is 0 Å². The van der Waals surface area contributed by atoms with E-state index in [1.165, 1.54) is 11.0 Å². The average molecular weight is 314 g/mol. The van der Waals surface area contributed by atoms with E-state index in [-0.39, 0.29) is 24.5 Å². The SMILES string of the molecule is NC1CC(c2ccccc2F)N(C(=O)OCc2ccccc2)C1. The quantitative estimate of drug-likeness (QED) is 0.946. The van der Waals surface area contributed by atoms with Gasteiger partial charge in [0.25, 0.3) is 0 Å². The number of rotatable bonds is 3. The maximum absolute atomic E-state index is 14.0. The molecule has 0 radical (unpaired) electrons. The van der Waals surface area contributed by atoms with Crippen molar-refractivity contribution in [3.8, 4) is 0 Å². The zero-order valence-electron chi connectivity index (χ0n) is 12.7. The number of nitrogens with two attached hydrogens (primary N) is 1. The van der Waals surface area contributed by atoms with Crippen LogP contribution in [0.25, 0.3) is 0 Å². The van der Waals surface area contributed by atoms with E-state index in [9.17, 15) is 9.18 Å². The summed E-state index contributed by atoms with van der Waals surface area (Å²) >= 11 is 0. The molecule has 2 unspecified atom stereocenters. The van der Waals surface area contributed by atoms with Crippen LogP contribution in [0, 0.1) is 5.82 Å². The first-order chi connectivity index (χ1) is 11.1. The fraction of sp³-hybridized carbons (Fsp3) is 0.278. The maximum Gasteiger partial charge on any atom is 0.410 e. The van der Waals surface area contributed by atoms with E-state index in [4.69, 9.17) is 10.5 Å². The number of ether oxygens (including phenoxy) is 1. The van der Waals surface area contributed by atoms with Gasteiger partial charge in [-0.1, -0.05) is 48.5 Å². The van der Waals surface area contributed by atoms with Gasteiger partial charge in [-0.15, -0.1) is 0 Å². The van der Waals surface area contributed by atoms with Crippen LogP contribution in [0.3, 0.4) is 0 Å². The first-order valence-corrected chi connectivity index (χ1v) is 7.62. The Labute approximate surface area is 134 Å². The highest BCUT2D eigenvalue weighted by Gasteiger charge is 2.36. The number of carbonyl (C=O) groups excluding carboxylic acids is 1. The number of likely N-dealkylation sites (tertiary alicyclic amines) is 1. The van der Waals surface area contributed by atoms with Crippen molar-refractivity contribution in [1.29, 1.82) is 0 Å². The molecule has 120 valence electrons. The molecule has 0 spiro atoms. The van der Waals surface area contributed by atoms with Crippen molar-refractivity contribution in [1.82, 2.24) is 4.90 Å². The summed E-state index contributed by atoms with van der Waals surface area (Å²) in [5, 5.41) is 0. The van der Waals surface area contributed by atoms with E-state index in [2.05, 4.69) is 0 Å². The fourth-order valence-electron chi connectivity index (χ4n) is 2.91. The lowest BCUT2D eigenvalue weighted by molar-refractivity contribution is 0.0913. The summed E-state index contributed by atoms with van der Waals surface area (Å²) in [5.41, 5.74) is 7.37. The Morgan fingerprint density at radius 1 is 1.17 bits per heavy atom. The van der Waals surface area contributed by atoms with Crippen molar-refractivity contribution < 1.29 is 13.9 Å². The summed E-state index contributed by atoms with van der Waals surface area (Å²) in [6.45, 7) is 0.558. The normalized spacial score (nSPS) is 20.5. The second kappa shape index (κ2) is 6.79. The van der Waals surface area contributed by atoms with Gasteiger partial charge < -0.3 is 10.5 Å². The fourth-order valence-corrected chi connectivity index (χ4v) is 2.91. The molecule has 0 saturated carbocycles. The molecular weight excluding hydrogens is 295 g/mol. The summed E-state index contributed by atoms with van der Waals surface area (Å²) in [6.07, 6.45) is 0.0662. The molecule has 1 fully saturated rings. The van der Waals surface area contributed by atoms with Gasteiger partial charge in [-0.2, -0.15) is 0 Å². The van der Waals surface area contributed by atoms with Crippen molar-refractivity contribution in [3.05, 3.63) is 71.5 Å². The van der Waals surface area contributed by atoms with E-state index in [1.807, 2.05) is 30.3 Å². The number of benzene rings is 2. The van der Waals surface area contributed by atoms with E-state index in [0.717, 1.165) is 5.56 Å². The predicted molar refractivity (Wildman–Crippen MR) is 85.1 cm³/mol. The molecule has 0 aliphatic carbocycles. The summed E-state index contributed by atoms with van der Waals surface area (Å²) in [4.78, 5) is 13.9. The third kappa shape index (κ3) is 3.51. The van der Waals surface area contributed by atoms with E-state index in [0.29, 0.717) is 18.5 Å². The van der Waals surface area contributed by atoms with Crippen LogP contribution in [0.1, 0.15) is 23.6 Å². The zero-order chi connectivity index (χ0) is 16.2. The third-order valence-electron chi connectivity index (χ3n) is 4.04. The Kier molecular flexibility index (Phi) is 4.57. The number of amides is 1. The lowest BCUT2D eigenvalue weighted by atomic mass is 10.0. The molecule has 1 aliphatic rings. The molecule has 2 atom stereocenters. The summed E-state index contributed by atoms with van der Waals surface area (Å²) in [7, 11) is 0. The third-order valence-corrected chi connectivity index (χ3v) is 4.04. The van der Waals surface area contributed by atoms with Crippen molar-refractivity contribution in [2.75, 3.05) is 6.54 Å². The van der Waals surface area contributed by atoms with Gasteiger partial charge in [-0.25, -0.2) is 9.18 Å². The van der Waals surface area contributed by atoms with Crippen LogP contribution in [-0.2, 0) is 11.3 Å². The van der Waals surface area contributed by atoms with Gasteiger partial charge in [-0.3, -0.25) is 4.90 Å². The maximum atomic E-state index is 14.0. The topological polar surface area (TPSA) is 55.6 Å². The van der Waals surface area contributed by atoms with Crippen LogP contribution in [0.15, 0.2) is 54.6 Å². The predicted octanol–water partition coefficient (Wildman–Crippen LogP) is 3.24. The lowest BCUT2D eigenvalue weighted by Crippen LogP contribution is -2.34. The number of nitrogens with zero attached hydrogens (tertiary/aromatic N) is 1. The van der Waals surface area contributed by atoms with Gasteiger partial charge in [0.15, 0.2) is 0 Å². The molecule has 1 heterocycles. The minimum Gasteiger partial charge on any atom is -0.445 e. The van der Waals surface area contributed by atoms with Crippen molar-refractivity contribution in [2.24, 2.45) is 5.73 Å². The van der Waals surface area contributed by atoms with Crippen LogP contribution in [0.4, 0.5) is 9.18 Å². The van der Waals surface area contributed by atoms with Gasteiger partial charge in [0.1, 0.15) is 12.4 Å². The number of hydrogen-bond acceptors (Lipinski definition) is 3. The van der Waals surface area contributed by atoms with Gasteiger partial charge >= 0.3 is 6.09 Å². The summed E-state index contributed by atoms with van der Waals surface area (Å²) in [5.74, 6) is -0.326. The molecule has 2 aromatic rings. The number of carbonyl (C=O) groups is 1. The van der Waals surface area contributed by atoms with Crippen LogP contribution in [0.5, 0.6) is 0 Å². The molecule has 5 heteroatoms. The largest absolute Gasteiger partial charge is 0.445 e. The number of hydrogen-bond donors (Lipinski definition) is 1. The minimum absolute atomic E-state index is 0.177. The van der Waals surface area contributed by atoms with Crippen LogP contribution < -0.4 is 5.73 Å². The highest BCUT2D eigenvalue weighted by atomic mass is 19.1. The molecule has 1 amide bonds. The van der Waals surface area contributed by atoms with Crippen LogP contribution >= 0.6 is 0 Å². The van der Waals surface area contributed by atoms with Crippen LogP contribution in [-0.4, -0.2) is 23.6 Å². The Balaban J connectivity index is 1.72. The molecule has 0 bridgehead atoms. The van der Waals surface area contributed by atoms with E-state index >= 15 is 0 Å².